The molecule has 112 valence electrons. The van der Waals surface area contributed by atoms with Crippen LogP contribution in [-0.2, 0) is 6.54 Å². The molecule has 1 aromatic carbocycles. The van der Waals surface area contributed by atoms with E-state index in [0.717, 1.165) is 22.4 Å². The summed E-state index contributed by atoms with van der Waals surface area (Å²) in [5.41, 5.74) is 3.48. The summed E-state index contributed by atoms with van der Waals surface area (Å²) in [5.74, 6) is 0. The Bertz CT molecular complexity index is 600. The fraction of sp³-hybridized carbons (Fsp3) is 0.471. The number of rotatable bonds is 4. The number of hydrogen-bond donors (Lipinski definition) is 1. The summed E-state index contributed by atoms with van der Waals surface area (Å²) in [7, 11) is 0. The largest absolute Gasteiger partial charge is 0.378 e. The van der Waals surface area contributed by atoms with Gasteiger partial charge in [0, 0.05) is 16.4 Å². The molecule has 1 saturated carbocycles. The Balaban J connectivity index is 1.63. The van der Waals surface area contributed by atoms with Gasteiger partial charge in [0.1, 0.15) is 0 Å². The highest BCUT2D eigenvalue weighted by molar-refractivity contribution is 9.10. The second-order valence-electron chi connectivity index (χ2n) is 5.87. The van der Waals surface area contributed by atoms with Gasteiger partial charge in [0.15, 0.2) is 0 Å². The van der Waals surface area contributed by atoms with Crippen molar-refractivity contribution in [1.29, 1.82) is 0 Å². The summed E-state index contributed by atoms with van der Waals surface area (Å²) in [6.07, 6.45) is 8.75. The molecule has 3 rings (SSSR count). The van der Waals surface area contributed by atoms with Gasteiger partial charge in [-0.3, -0.25) is 4.68 Å². The van der Waals surface area contributed by atoms with Gasteiger partial charge in [0.05, 0.1) is 18.3 Å². The highest BCUT2D eigenvalue weighted by Gasteiger charge is 2.15. The number of nitrogens with one attached hydrogen (secondary N) is 1. The zero-order valence-electron chi connectivity index (χ0n) is 12.5. The molecule has 2 aromatic rings. The highest BCUT2D eigenvalue weighted by atomic mass is 79.9. The van der Waals surface area contributed by atoms with Crippen LogP contribution in [-0.4, -0.2) is 9.78 Å². The molecule has 0 amide bonds. The van der Waals surface area contributed by atoms with Crippen molar-refractivity contribution >= 4 is 21.6 Å². The van der Waals surface area contributed by atoms with Gasteiger partial charge in [-0.25, -0.2) is 0 Å². The quantitative estimate of drug-likeness (QED) is 0.836. The first-order chi connectivity index (χ1) is 10.2. The predicted octanol–water partition coefficient (Wildman–Crippen LogP) is 5.07. The maximum atomic E-state index is 4.74. The molecule has 0 saturated heterocycles. The van der Waals surface area contributed by atoms with Crippen LogP contribution in [0.1, 0.15) is 49.4 Å². The van der Waals surface area contributed by atoms with Crippen LogP contribution in [0.15, 0.2) is 34.9 Å². The number of anilines is 1. The number of aromatic nitrogens is 2. The summed E-state index contributed by atoms with van der Waals surface area (Å²) >= 11 is 3.63. The Morgan fingerprint density at radius 1 is 1.24 bits per heavy atom. The van der Waals surface area contributed by atoms with Gasteiger partial charge in [0.25, 0.3) is 0 Å². The van der Waals surface area contributed by atoms with Crippen molar-refractivity contribution in [2.24, 2.45) is 0 Å². The van der Waals surface area contributed by atoms with E-state index < -0.39 is 0 Å². The van der Waals surface area contributed by atoms with Crippen LogP contribution in [0.25, 0.3) is 0 Å². The smallest absolute Gasteiger partial charge is 0.0815 e. The Morgan fingerprint density at radius 3 is 2.86 bits per heavy atom. The first-order valence-corrected chi connectivity index (χ1v) is 8.56. The minimum absolute atomic E-state index is 0.609. The maximum absolute atomic E-state index is 4.74. The summed E-state index contributed by atoms with van der Waals surface area (Å²) in [6.45, 7) is 2.87. The molecule has 0 atom stereocenters. The van der Waals surface area contributed by atoms with Crippen LogP contribution in [0.4, 0.5) is 5.69 Å². The SMILES string of the molecule is Cc1cccc(NCc2ccn(C3CCCCC3)n2)c1Br. The van der Waals surface area contributed by atoms with E-state index in [1.807, 2.05) is 0 Å². The molecule has 0 aliphatic heterocycles. The molecule has 0 unspecified atom stereocenters. The molecule has 0 bridgehead atoms. The zero-order chi connectivity index (χ0) is 14.7. The van der Waals surface area contributed by atoms with Crippen molar-refractivity contribution < 1.29 is 0 Å². The van der Waals surface area contributed by atoms with Crippen LogP contribution in [0.2, 0.25) is 0 Å². The molecule has 0 spiro atoms. The Morgan fingerprint density at radius 2 is 2.05 bits per heavy atom. The first kappa shape index (κ1) is 14.6. The molecule has 1 heterocycles. The number of aryl methyl sites for hydroxylation is 1. The molecule has 1 aromatic heterocycles. The number of halogens is 1. The van der Waals surface area contributed by atoms with E-state index in [1.54, 1.807) is 0 Å². The van der Waals surface area contributed by atoms with Gasteiger partial charge < -0.3 is 5.32 Å². The molecular weight excluding hydrogens is 326 g/mol. The topological polar surface area (TPSA) is 29.9 Å². The third-order valence-corrected chi connectivity index (χ3v) is 5.32. The Labute approximate surface area is 134 Å². The average Bonchev–Trinajstić information content (AvgIpc) is 2.99. The molecule has 1 fully saturated rings. The van der Waals surface area contributed by atoms with E-state index in [4.69, 9.17) is 5.10 Å². The Kier molecular flexibility index (Phi) is 4.63. The Hall–Kier alpha value is -1.29. The molecular formula is C17H22BrN3. The van der Waals surface area contributed by atoms with Crippen molar-refractivity contribution in [2.45, 2.75) is 51.6 Å². The second kappa shape index (κ2) is 6.65. The lowest BCUT2D eigenvalue weighted by molar-refractivity contribution is 0.328. The fourth-order valence-corrected chi connectivity index (χ4v) is 3.39. The predicted molar refractivity (Wildman–Crippen MR) is 90.6 cm³/mol. The highest BCUT2D eigenvalue weighted by Crippen LogP contribution is 2.28. The molecule has 21 heavy (non-hydrogen) atoms. The third-order valence-electron chi connectivity index (χ3n) is 4.26. The molecule has 1 aliphatic rings. The van der Waals surface area contributed by atoms with Gasteiger partial charge in [-0.15, -0.1) is 0 Å². The van der Waals surface area contributed by atoms with Crippen LogP contribution < -0.4 is 5.32 Å². The van der Waals surface area contributed by atoms with E-state index in [-0.39, 0.29) is 0 Å². The van der Waals surface area contributed by atoms with Crippen molar-refractivity contribution in [3.05, 3.63) is 46.2 Å². The van der Waals surface area contributed by atoms with E-state index >= 15 is 0 Å². The molecule has 4 heteroatoms. The second-order valence-corrected chi connectivity index (χ2v) is 6.66. The number of nitrogens with zero attached hydrogens (tertiary/aromatic N) is 2. The van der Waals surface area contributed by atoms with Gasteiger partial charge in [-0.05, 0) is 53.4 Å². The van der Waals surface area contributed by atoms with Crippen molar-refractivity contribution in [2.75, 3.05) is 5.32 Å². The van der Waals surface area contributed by atoms with Crippen molar-refractivity contribution in [3.8, 4) is 0 Å². The lowest BCUT2D eigenvalue weighted by atomic mass is 9.96. The van der Waals surface area contributed by atoms with Gasteiger partial charge in [-0.2, -0.15) is 5.10 Å². The van der Waals surface area contributed by atoms with E-state index in [2.05, 4.69) is 63.3 Å². The fourth-order valence-electron chi connectivity index (χ4n) is 2.99. The zero-order valence-corrected chi connectivity index (χ0v) is 14.1. The van der Waals surface area contributed by atoms with Crippen LogP contribution >= 0.6 is 15.9 Å². The minimum atomic E-state index is 0.609. The van der Waals surface area contributed by atoms with Crippen LogP contribution in [0, 0.1) is 6.92 Å². The van der Waals surface area contributed by atoms with Crippen LogP contribution in [0.5, 0.6) is 0 Å². The van der Waals surface area contributed by atoms with Crippen molar-refractivity contribution in [1.82, 2.24) is 9.78 Å². The average molecular weight is 348 g/mol. The first-order valence-electron chi connectivity index (χ1n) is 7.77. The summed E-state index contributed by atoms with van der Waals surface area (Å²) in [4.78, 5) is 0. The summed E-state index contributed by atoms with van der Waals surface area (Å²) < 4.78 is 3.30. The molecule has 1 N–H and O–H groups in total. The molecule has 3 nitrogen and oxygen atoms in total. The lowest BCUT2D eigenvalue weighted by Gasteiger charge is -2.21. The van der Waals surface area contributed by atoms with Crippen molar-refractivity contribution in [3.63, 3.8) is 0 Å². The van der Waals surface area contributed by atoms with Crippen LogP contribution in [0.3, 0.4) is 0 Å². The minimum Gasteiger partial charge on any atom is -0.378 e. The summed E-state index contributed by atoms with van der Waals surface area (Å²) in [6, 6.07) is 9.01. The molecule has 1 aliphatic carbocycles. The van der Waals surface area contributed by atoms with Gasteiger partial charge in [-0.1, -0.05) is 31.4 Å². The molecule has 0 radical (unpaired) electrons. The van der Waals surface area contributed by atoms with E-state index in [0.29, 0.717) is 6.04 Å². The van der Waals surface area contributed by atoms with E-state index in [9.17, 15) is 0 Å². The van der Waals surface area contributed by atoms with Gasteiger partial charge >= 0.3 is 0 Å². The van der Waals surface area contributed by atoms with E-state index in [1.165, 1.54) is 37.7 Å². The monoisotopic (exact) mass is 347 g/mol. The number of hydrogen-bond acceptors (Lipinski definition) is 2. The third kappa shape index (κ3) is 3.49. The number of benzene rings is 1. The lowest BCUT2D eigenvalue weighted by Crippen LogP contribution is -2.13. The normalized spacial score (nSPS) is 16.1. The standard InChI is InChI=1S/C17H22BrN3/c1-13-6-5-9-16(17(13)18)19-12-14-10-11-21(20-14)15-7-3-2-4-8-15/h5-6,9-11,15,19H,2-4,7-8,12H2,1H3. The maximum Gasteiger partial charge on any atom is 0.0815 e. The summed E-state index contributed by atoms with van der Waals surface area (Å²) in [5, 5.41) is 8.20. The van der Waals surface area contributed by atoms with Gasteiger partial charge in [0.2, 0.25) is 0 Å².